The standard InChI is InChI=1S/C20H16ClFN2O3S2/c1-28-13-6-7-15(21)14(11-13)18(25)23-8-9-24-19(26)17(29-20(24)27)10-12-4-2-3-5-16(12)22/h2-7,10-11H,8-9H2,1H3,(H,23,25)/b17-10-. The minimum atomic E-state index is -0.514. The summed E-state index contributed by atoms with van der Waals surface area (Å²) in [5, 5.41) is 2.52. The Hall–Kier alpha value is -2.29. The highest BCUT2D eigenvalue weighted by molar-refractivity contribution is 8.18. The van der Waals surface area contributed by atoms with Gasteiger partial charge in [0.05, 0.1) is 15.5 Å². The monoisotopic (exact) mass is 450 g/mol. The summed E-state index contributed by atoms with van der Waals surface area (Å²) in [6.07, 6.45) is 3.24. The zero-order chi connectivity index (χ0) is 21.0. The normalized spacial score (nSPS) is 15.3. The molecule has 0 bridgehead atoms. The van der Waals surface area contributed by atoms with Crippen LogP contribution in [0.2, 0.25) is 5.02 Å². The van der Waals surface area contributed by atoms with Crippen LogP contribution >= 0.6 is 35.1 Å². The van der Waals surface area contributed by atoms with Crippen LogP contribution in [0.25, 0.3) is 6.08 Å². The van der Waals surface area contributed by atoms with Crippen LogP contribution in [0.15, 0.2) is 52.3 Å². The molecule has 9 heteroatoms. The second-order valence-corrected chi connectivity index (χ2v) is 8.24. The van der Waals surface area contributed by atoms with Crippen LogP contribution < -0.4 is 5.32 Å². The summed E-state index contributed by atoms with van der Waals surface area (Å²) >= 11 is 8.31. The number of carbonyl (C=O) groups is 3. The zero-order valence-corrected chi connectivity index (χ0v) is 17.7. The summed E-state index contributed by atoms with van der Waals surface area (Å²) in [4.78, 5) is 39.0. The molecule has 29 heavy (non-hydrogen) atoms. The van der Waals surface area contributed by atoms with Gasteiger partial charge in [-0.25, -0.2) is 4.39 Å². The Kier molecular flexibility index (Phi) is 7.00. The topological polar surface area (TPSA) is 66.5 Å². The van der Waals surface area contributed by atoms with E-state index in [4.69, 9.17) is 11.6 Å². The van der Waals surface area contributed by atoms with Crippen molar-refractivity contribution in [3.63, 3.8) is 0 Å². The lowest BCUT2D eigenvalue weighted by atomic mass is 10.2. The Morgan fingerprint density at radius 1 is 1.28 bits per heavy atom. The van der Waals surface area contributed by atoms with E-state index in [9.17, 15) is 18.8 Å². The molecule has 1 N–H and O–H groups in total. The van der Waals surface area contributed by atoms with Gasteiger partial charge in [0.15, 0.2) is 0 Å². The first-order chi connectivity index (χ1) is 13.9. The van der Waals surface area contributed by atoms with E-state index in [1.54, 1.807) is 24.3 Å². The number of amides is 3. The van der Waals surface area contributed by atoms with Gasteiger partial charge in [-0.15, -0.1) is 11.8 Å². The van der Waals surface area contributed by atoms with Crippen LogP contribution in [0.3, 0.4) is 0 Å². The van der Waals surface area contributed by atoms with Crippen LogP contribution in [0.5, 0.6) is 0 Å². The number of rotatable bonds is 6. The lowest BCUT2D eigenvalue weighted by Crippen LogP contribution is -2.37. The van der Waals surface area contributed by atoms with Gasteiger partial charge in [-0.1, -0.05) is 29.8 Å². The van der Waals surface area contributed by atoms with E-state index >= 15 is 0 Å². The van der Waals surface area contributed by atoms with E-state index < -0.39 is 17.0 Å². The minimum absolute atomic E-state index is 0.00482. The molecule has 2 aromatic carbocycles. The minimum Gasteiger partial charge on any atom is -0.350 e. The number of carbonyl (C=O) groups excluding carboxylic acids is 3. The maximum absolute atomic E-state index is 13.8. The van der Waals surface area contributed by atoms with Gasteiger partial charge in [0.25, 0.3) is 17.1 Å². The molecular weight excluding hydrogens is 435 g/mol. The number of thioether (sulfide) groups is 2. The highest BCUT2D eigenvalue weighted by Crippen LogP contribution is 2.32. The molecule has 1 heterocycles. The lowest BCUT2D eigenvalue weighted by Gasteiger charge is -2.13. The molecule has 1 aliphatic heterocycles. The molecule has 1 saturated heterocycles. The summed E-state index contributed by atoms with van der Waals surface area (Å²) < 4.78 is 13.8. The van der Waals surface area contributed by atoms with E-state index in [1.165, 1.54) is 30.0 Å². The van der Waals surface area contributed by atoms with Crippen LogP contribution in [0.1, 0.15) is 15.9 Å². The van der Waals surface area contributed by atoms with Gasteiger partial charge in [-0.3, -0.25) is 19.3 Å². The fraction of sp³-hybridized carbons (Fsp3) is 0.150. The average Bonchev–Trinajstić information content (AvgIpc) is 2.97. The van der Waals surface area contributed by atoms with Gasteiger partial charge in [0, 0.05) is 23.5 Å². The van der Waals surface area contributed by atoms with E-state index in [0.29, 0.717) is 10.6 Å². The number of imide groups is 1. The molecule has 0 spiro atoms. The number of hydrogen-bond donors (Lipinski definition) is 1. The van der Waals surface area contributed by atoms with Crippen molar-refractivity contribution in [2.24, 2.45) is 0 Å². The Bertz CT molecular complexity index is 1010. The van der Waals surface area contributed by atoms with E-state index in [2.05, 4.69) is 5.32 Å². The molecule has 5 nitrogen and oxygen atoms in total. The zero-order valence-electron chi connectivity index (χ0n) is 15.3. The summed E-state index contributed by atoms with van der Waals surface area (Å²) in [5.74, 6) is -1.38. The van der Waals surface area contributed by atoms with Gasteiger partial charge < -0.3 is 5.32 Å². The third-order valence-electron chi connectivity index (χ3n) is 4.10. The van der Waals surface area contributed by atoms with E-state index in [0.717, 1.165) is 21.6 Å². The second-order valence-electron chi connectivity index (χ2n) is 5.96. The molecule has 0 radical (unpaired) electrons. The first-order valence-electron chi connectivity index (χ1n) is 8.52. The maximum atomic E-state index is 13.8. The van der Waals surface area contributed by atoms with E-state index in [-0.39, 0.29) is 29.5 Å². The van der Waals surface area contributed by atoms with Crippen molar-refractivity contribution < 1.29 is 18.8 Å². The fourth-order valence-electron chi connectivity index (χ4n) is 2.61. The first-order valence-corrected chi connectivity index (χ1v) is 10.9. The molecule has 0 saturated carbocycles. The summed E-state index contributed by atoms with van der Waals surface area (Å²) in [6, 6.07) is 11.1. The summed E-state index contributed by atoms with van der Waals surface area (Å²) in [7, 11) is 0. The van der Waals surface area contributed by atoms with Crippen LogP contribution in [0.4, 0.5) is 9.18 Å². The van der Waals surface area contributed by atoms with Crippen LogP contribution in [-0.2, 0) is 4.79 Å². The number of hydrogen-bond acceptors (Lipinski definition) is 5. The molecule has 0 aromatic heterocycles. The molecule has 1 fully saturated rings. The molecule has 0 aliphatic carbocycles. The molecule has 150 valence electrons. The van der Waals surface area contributed by atoms with Crippen molar-refractivity contribution in [2.75, 3.05) is 19.3 Å². The van der Waals surface area contributed by atoms with Gasteiger partial charge in [-0.2, -0.15) is 0 Å². The maximum Gasteiger partial charge on any atom is 0.293 e. The Morgan fingerprint density at radius 3 is 2.76 bits per heavy atom. The third-order valence-corrected chi connectivity index (χ3v) is 6.07. The van der Waals surface area contributed by atoms with Gasteiger partial charge in [-0.05, 0) is 48.4 Å². The van der Waals surface area contributed by atoms with Gasteiger partial charge in [0.2, 0.25) is 0 Å². The molecule has 0 atom stereocenters. The van der Waals surface area contributed by atoms with Crippen molar-refractivity contribution >= 4 is 58.3 Å². The third kappa shape index (κ3) is 5.01. The van der Waals surface area contributed by atoms with Crippen LogP contribution in [-0.4, -0.2) is 41.3 Å². The van der Waals surface area contributed by atoms with Gasteiger partial charge >= 0.3 is 0 Å². The number of nitrogens with one attached hydrogen (secondary N) is 1. The average molecular weight is 451 g/mol. The summed E-state index contributed by atoms with van der Waals surface area (Å²) in [6.45, 7) is 0.0779. The highest BCUT2D eigenvalue weighted by Gasteiger charge is 2.34. The smallest absolute Gasteiger partial charge is 0.293 e. The molecule has 3 rings (SSSR count). The first kappa shape index (κ1) is 21.4. The Balaban J connectivity index is 1.63. The van der Waals surface area contributed by atoms with Crippen molar-refractivity contribution in [2.45, 2.75) is 4.90 Å². The van der Waals surface area contributed by atoms with Crippen molar-refractivity contribution in [1.82, 2.24) is 10.2 Å². The lowest BCUT2D eigenvalue weighted by molar-refractivity contribution is -0.122. The summed E-state index contributed by atoms with van der Waals surface area (Å²) in [5.41, 5.74) is 0.557. The molecule has 3 amide bonds. The molecule has 1 aliphatic rings. The van der Waals surface area contributed by atoms with Crippen molar-refractivity contribution in [3.05, 3.63) is 69.3 Å². The van der Waals surface area contributed by atoms with Gasteiger partial charge in [0.1, 0.15) is 5.82 Å². The Morgan fingerprint density at radius 2 is 2.03 bits per heavy atom. The Labute approximate surface area is 180 Å². The predicted molar refractivity (Wildman–Crippen MR) is 115 cm³/mol. The largest absolute Gasteiger partial charge is 0.350 e. The quantitative estimate of drug-likeness (QED) is 0.511. The van der Waals surface area contributed by atoms with Crippen molar-refractivity contribution in [1.29, 1.82) is 0 Å². The molecule has 0 unspecified atom stereocenters. The number of benzene rings is 2. The highest BCUT2D eigenvalue weighted by atomic mass is 35.5. The van der Waals surface area contributed by atoms with Crippen LogP contribution in [0, 0.1) is 5.82 Å². The number of nitrogens with zero attached hydrogens (tertiary/aromatic N) is 1. The second kappa shape index (κ2) is 9.47. The van der Waals surface area contributed by atoms with Crippen molar-refractivity contribution in [3.8, 4) is 0 Å². The number of halogens is 2. The predicted octanol–water partition coefficient (Wildman–Crippen LogP) is 4.67. The fourth-order valence-corrected chi connectivity index (χ4v) is 4.11. The molecule has 2 aromatic rings. The van der Waals surface area contributed by atoms with E-state index in [1.807, 2.05) is 12.3 Å². The SMILES string of the molecule is CSc1ccc(Cl)c(C(=O)NCCN2C(=O)S/C(=C\c3ccccc3F)C2=O)c1. The molecular formula is C20H16ClFN2O3S2.